The molecule has 0 bridgehead atoms. The van der Waals surface area contributed by atoms with E-state index in [4.69, 9.17) is 14.6 Å². The number of methoxy groups -OCH3 is 1. The molecule has 0 aliphatic carbocycles. The maximum absolute atomic E-state index is 12.5. The van der Waals surface area contributed by atoms with Gasteiger partial charge in [0.25, 0.3) is 5.91 Å². The third-order valence-electron chi connectivity index (χ3n) is 3.89. The van der Waals surface area contributed by atoms with Crippen molar-refractivity contribution in [1.29, 1.82) is 5.26 Å². The van der Waals surface area contributed by atoms with Crippen molar-refractivity contribution in [3.63, 3.8) is 0 Å². The highest BCUT2D eigenvalue weighted by Gasteiger charge is 2.15. The standard InChI is InChI=1S/C21H19BrN2O5/c1-3-13-4-6-16(7-5-13)24-21(27)15(11-23)8-14-9-17(22)20(18(10-14)28-2)29-12-19(25)26/h4-10H,3,12H2,1-2H3,(H,24,27)(H,25,26)/b15-8+. The lowest BCUT2D eigenvalue weighted by atomic mass is 10.1. The second-order valence-corrected chi connectivity index (χ2v) is 6.75. The summed E-state index contributed by atoms with van der Waals surface area (Å²) in [6.07, 6.45) is 2.30. The van der Waals surface area contributed by atoms with E-state index in [-0.39, 0.29) is 17.1 Å². The number of anilines is 1. The Balaban J connectivity index is 2.26. The largest absolute Gasteiger partial charge is 0.493 e. The van der Waals surface area contributed by atoms with Gasteiger partial charge in [0, 0.05) is 5.69 Å². The number of hydrogen-bond acceptors (Lipinski definition) is 5. The molecular weight excluding hydrogens is 440 g/mol. The van der Waals surface area contributed by atoms with Gasteiger partial charge in [-0.15, -0.1) is 0 Å². The van der Waals surface area contributed by atoms with Crippen LogP contribution in [0.1, 0.15) is 18.1 Å². The number of carbonyl (C=O) groups excluding carboxylic acids is 1. The van der Waals surface area contributed by atoms with Crippen LogP contribution in [0.15, 0.2) is 46.4 Å². The first-order valence-electron chi connectivity index (χ1n) is 8.62. The molecular formula is C21H19BrN2O5. The number of aliphatic carboxylic acids is 1. The molecule has 2 aromatic carbocycles. The molecule has 8 heteroatoms. The fraction of sp³-hybridized carbons (Fsp3) is 0.190. The first-order valence-corrected chi connectivity index (χ1v) is 9.41. The summed E-state index contributed by atoms with van der Waals surface area (Å²) in [7, 11) is 1.40. The molecule has 2 aromatic rings. The van der Waals surface area contributed by atoms with Crippen LogP contribution in [0.4, 0.5) is 5.69 Å². The molecule has 2 N–H and O–H groups in total. The van der Waals surface area contributed by atoms with Crippen LogP contribution in [0.25, 0.3) is 6.08 Å². The van der Waals surface area contributed by atoms with Crippen molar-refractivity contribution in [2.24, 2.45) is 0 Å². The number of nitrogens with zero attached hydrogens (tertiary/aromatic N) is 1. The van der Waals surface area contributed by atoms with Crippen LogP contribution >= 0.6 is 15.9 Å². The highest BCUT2D eigenvalue weighted by atomic mass is 79.9. The van der Waals surface area contributed by atoms with E-state index in [0.29, 0.717) is 15.7 Å². The van der Waals surface area contributed by atoms with Crippen molar-refractivity contribution in [2.45, 2.75) is 13.3 Å². The number of hydrogen-bond donors (Lipinski definition) is 2. The predicted octanol–water partition coefficient (Wildman–Crippen LogP) is 4.03. The van der Waals surface area contributed by atoms with Crippen molar-refractivity contribution in [3.8, 4) is 17.6 Å². The Hall–Kier alpha value is -3.31. The van der Waals surface area contributed by atoms with E-state index >= 15 is 0 Å². The smallest absolute Gasteiger partial charge is 0.341 e. The molecule has 0 heterocycles. The number of ether oxygens (including phenoxy) is 2. The van der Waals surface area contributed by atoms with Gasteiger partial charge in [0.2, 0.25) is 0 Å². The molecule has 0 aliphatic heterocycles. The van der Waals surface area contributed by atoms with Gasteiger partial charge in [-0.05, 0) is 63.8 Å². The lowest BCUT2D eigenvalue weighted by Crippen LogP contribution is -2.13. The summed E-state index contributed by atoms with van der Waals surface area (Å²) in [5.41, 5.74) is 2.13. The fourth-order valence-corrected chi connectivity index (χ4v) is 3.01. The molecule has 0 radical (unpaired) electrons. The Morgan fingerprint density at radius 1 is 1.28 bits per heavy atom. The quantitative estimate of drug-likeness (QED) is 0.456. The molecule has 0 aromatic heterocycles. The number of aryl methyl sites for hydroxylation is 1. The molecule has 0 atom stereocenters. The zero-order chi connectivity index (χ0) is 21.4. The van der Waals surface area contributed by atoms with Crippen LogP contribution in [0.3, 0.4) is 0 Å². The summed E-state index contributed by atoms with van der Waals surface area (Å²) in [4.78, 5) is 23.2. The Kier molecular flexibility index (Phi) is 7.80. The van der Waals surface area contributed by atoms with E-state index < -0.39 is 18.5 Å². The van der Waals surface area contributed by atoms with Gasteiger partial charge in [-0.1, -0.05) is 19.1 Å². The van der Waals surface area contributed by atoms with Crippen LogP contribution in [-0.4, -0.2) is 30.7 Å². The summed E-state index contributed by atoms with van der Waals surface area (Å²) in [5.74, 6) is -1.19. The maximum atomic E-state index is 12.5. The minimum Gasteiger partial charge on any atom is -0.493 e. The first-order chi connectivity index (χ1) is 13.9. The number of rotatable bonds is 8. The van der Waals surface area contributed by atoms with Gasteiger partial charge in [-0.25, -0.2) is 4.79 Å². The fourth-order valence-electron chi connectivity index (χ4n) is 2.43. The van der Waals surface area contributed by atoms with Gasteiger partial charge in [0.1, 0.15) is 11.6 Å². The van der Waals surface area contributed by atoms with Crippen molar-refractivity contribution >= 4 is 39.6 Å². The van der Waals surface area contributed by atoms with Crippen molar-refractivity contribution in [2.75, 3.05) is 19.0 Å². The molecule has 0 fully saturated rings. The summed E-state index contributed by atoms with van der Waals surface area (Å²) in [6, 6.07) is 12.4. The Morgan fingerprint density at radius 3 is 2.52 bits per heavy atom. The number of nitrogens with one attached hydrogen (secondary N) is 1. The van der Waals surface area contributed by atoms with Gasteiger partial charge in [0.15, 0.2) is 18.1 Å². The molecule has 0 saturated heterocycles. The first kappa shape index (κ1) is 22.0. The van der Waals surface area contributed by atoms with Crippen LogP contribution in [0, 0.1) is 11.3 Å². The van der Waals surface area contributed by atoms with E-state index in [1.165, 1.54) is 13.2 Å². The molecule has 0 unspecified atom stereocenters. The maximum Gasteiger partial charge on any atom is 0.341 e. The summed E-state index contributed by atoms with van der Waals surface area (Å²) >= 11 is 3.29. The molecule has 1 amide bonds. The lowest BCUT2D eigenvalue weighted by Gasteiger charge is -2.12. The molecule has 150 valence electrons. The highest BCUT2D eigenvalue weighted by molar-refractivity contribution is 9.10. The minimum absolute atomic E-state index is 0.0993. The third kappa shape index (κ3) is 6.09. The normalized spacial score (nSPS) is 10.8. The number of halogens is 1. The SMILES string of the molecule is CCc1ccc(NC(=O)/C(C#N)=C/c2cc(Br)c(OCC(=O)O)c(OC)c2)cc1. The van der Waals surface area contributed by atoms with E-state index in [1.54, 1.807) is 24.3 Å². The van der Waals surface area contributed by atoms with Gasteiger partial charge in [-0.2, -0.15) is 5.26 Å². The van der Waals surface area contributed by atoms with Gasteiger partial charge in [0.05, 0.1) is 11.6 Å². The molecule has 0 aliphatic rings. The topological polar surface area (TPSA) is 109 Å². The van der Waals surface area contributed by atoms with Crippen LogP contribution in [0.2, 0.25) is 0 Å². The van der Waals surface area contributed by atoms with Crippen molar-refractivity contribution < 1.29 is 24.2 Å². The second-order valence-electron chi connectivity index (χ2n) is 5.89. The van der Waals surface area contributed by atoms with Crippen molar-refractivity contribution in [1.82, 2.24) is 0 Å². The Morgan fingerprint density at radius 2 is 1.97 bits per heavy atom. The molecule has 0 spiro atoms. The monoisotopic (exact) mass is 458 g/mol. The number of carboxylic acid groups (broad SMARTS) is 1. The summed E-state index contributed by atoms with van der Waals surface area (Å²) < 4.78 is 10.9. The molecule has 2 rings (SSSR count). The van der Waals surface area contributed by atoms with E-state index in [2.05, 4.69) is 21.2 Å². The number of carboxylic acids is 1. The zero-order valence-electron chi connectivity index (χ0n) is 15.9. The Labute approximate surface area is 176 Å². The minimum atomic E-state index is -1.13. The number of nitriles is 1. The number of benzene rings is 2. The van der Waals surface area contributed by atoms with E-state index in [1.807, 2.05) is 25.1 Å². The highest BCUT2D eigenvalue weighted by Crippen LogP contribution is 2.37. The van der Waals surface area contributed by atoms with E-state index in [9.17, 15) is 14.9 Å². The summed E-state index contributed by atoms with van der Waals surface area (Å²) in [5, 5.41) is 20.9. The predicted molar refractivity (Wildman–Crippen MR) is 112 cm³/mol. The van der Waals surface area contributed by atoms with Gasteiger partial charge < -0.3 is 19.9 Å². The molecule has 7 nitrogen and oxygen atoms in total. The average Bonchev–Trinajstić information content (AvgIpc) is 2.71. The number of amides is 1. The average molecular weight is 459 g/mol. The lowest BCUT2D eigenvalue weighted by molar-refractivity contribution is -0.139. The zero-order valence-corrected chi connectivity index (χ0v) is 17.4. The Bertz CT molecular complexity index is 978. The van der Waals surface area contributed by atoms with Crippen LogP contribution in [-0.2, 0) is 16.0 Å². The molecule has 0 saturated carbocycles. The number of carbonyl (C=O) groups is 2. The van der Waals surface area contributed by atoms with Gasteiger partial charge >= 0.3 is 5.97 Å². The second kappa shape index (κ2) is 10.3. The third-order valence-corrected chi connectivity index (χ3v) is 4.48. The van der Waals surface area contributed by atoms with Gasteiger partial charge in [-0.3, -0.25) is 4.79 Å². The molecule has 29 heavy (non-hydrogen) atoms. The van der Waals surface area contributed by atoms with Crippen LogP contribution in [0.5, 0.6) is 11.5 Å². The van der Waals surface area contributed by atoms with Crippen LogP contribution < -0.4 is 14.8 Å². The van der Waals surface area contributed by atoms with E-state index in [0.717, 1.165) is 12.0 Å². The van der Waals surface area contributed by atoms with Crippen molar-refractivity contribution in [3.05, 3.63) is 57.6 Å². The summed E-state index contributed by atoms with van der Waals surface area (Å²) in [6.45, 7) is 1.50.